The van der Waals surface area contributed by atoms with Gasteiger partial charge in [0.05, 0.1) is 34.7 Å². The summed E-state index contributed by atoms with van der Waals surface area (Å²) in [5.41, 5.74) is 7.29. The molecule has 2 aliphatic rings. The summed E-state index contributed by atoms with van der Waals surface area (Å²) >= 11 is 0. The normalized spacial score (nSPS) is 20.0. The van der Waals surface area contributed by atoms with E-state index in [1.54, 1.807) is 30.3 Å². The topological polar surface area (TPSA) is 126 Å². The van der Waals surface area contributed by atoms with Crippen LogP contribution in [0.2, 0.25) is 0 Å². The van der Waals surface area contributed by atoms with Crippen LogP contribution in [0.1, 0.15) is 60.0 Å². The second kappa shape index (κ2) is 15.8. The predicted molar refractivity (Wildman–Crippen MR) is 208 cm³/mol. The van der Waals surface area contributed by atoms with Crippen LogP contribution in [0.5, 0.6) is 0 Å². The van der Waals surface area contributed by atoms with E-state index in [0.717, 1.165) is 76.9 Å². The third kappa shape index (κ3) is 7.97. The van der Waals surface area contributed by atoms with Crippen LogP contribution in [0.15, 0.2) is 137 Å². The van der Waals surface area contributed by atoms with Gasteiger partial charge < -0.3 is 24.5 Å². The zero-order valence-electron chi connectivity index (χ0n) is 29.9. The van der Waals surface area contributed by atoms with Crippen LogP contribution >= 0.6 is 0 Å². The molecule has 2 fully saturated rings. The van der Waals surface area contributed by atoms with Crippen molar-refractivity contribution in [2.24, 2.45) is 0 Å². The van der Waals surface area contributed by atoms with E-state index in [-0.39, 0.29) is 42.0 Å². The van der Waals surface area contributed by atoms with Crippen molar-refractivity contribution in [3.63, 3.8) is 0 Å². The number of ether oxygens (including phenoxy) is 2. The minimum Gasteiger partial charge on any atom is -0.392 e. The van der Waals surface area contributed by atoms with Gasteiger partial charge >= 0.3 is 5.69 Å². The molecule has 0 aliphatic carbocycles. The fourth-order valence-corrected chi connectivity index (χ4v) is 8.74. The number of likely N-dealkylation sites (tertiary alicyclic amines) is 1. The number of hydrogen-bond donors (Lipinski definition) is 3. The maximum absolute atomic E-state index is 12.9. The second-order valence-corrected chi connectivity index (χ2v) is 15.9. The lowest BCUT2D eigenvalue weighted by molar-refractivity contribution is -0.253. The summed E-state index contributed by atoms with van der Waals surface area (Å²) < 4.78 is 43.8. The van der Waals surface area contributed by atoms with Gasteiger partial charge in [-0.2, -0.15) is 0 Å². The first kappa shape index (κ1) is 36.1. The summed E-state index contributed by atoms with van der Waals surface area (Å²) in [7, 11) is -3.64. The second-order valence-electron chi connectivity index (χ2n) is 14.2. The summed E-state index contributed by atoms with van der Waals surface area (Å²) in [5, 5.41) is 9.64. The number of para-hydroxylation sites is 2. The van der Waals surface area contributed by atoms with Gasteiger partial charge in [0.25, 0.3) is 0 Å². The average molecular weight is 745 g/mol. The third-order valence-electron chi connectivity index (χ3n) is 10.6. The van der Waals surface area contributed by atoms with Crippen molar-refractivity contribution in [1.29, 1.82) is 0 Å². The molecule has 6 aromatic rings. The number of H-pyrrole nitrogens is 1. The summed E-state index contributed by atoms with van der Waals surface area (Å²) in [6.45, 7) is 2.58. The molecule has 0 unspecified atom stereocenters. The van der Waals surface area contributed by atoms with E-state index < -0.39 is 16.3 Å². The van der Waals surface area contributed by atoms with Crippen molar-refractivity contribution in [3.05, 3.63) is 160 Å². The largest absolute Gasteiger partial charge is 0.392 e. The third-order valence-corrected chi connectivity index (χ3v) is 12.0. The molecule has 3 atom stereocenters. The minimum absolute atomic E-state index is 0.0202. The van der Waals surface area contributed by atoms with E-state index in [1.807, 2.05) is 95.6 Å². The number of piperidine rings is 1. The number of hydrogen-bond acceptors (Lipinski definition) is 7. The zero-order valence-corrected chi connectivity index (χ0v) is 30.7. The summed E-state index contributed by atoms with van der Waals surface area (Å²) in [4.78, 5) is 18.6. The van der Waals surface area contributed by atoms with Crippen LogP contribution in [-0.4, -0.2) is 53.7 Å². The maximum Gasteiger partial charge on any atom is 0.326 e. The van der Waals surface area contributed by atoms with E-state index in [9.17, 15) is 18.3 Å². The molecular weight excluding hydrogens is 701 g/mol. The van der Waals surface area contributed by atoms with Crippen LogP contribution in [-0.2, 0) is 32.6 Å². The molecule has 2 aliphatic heterocycles. The number of nitrogens with zero attached hydrogens (tertiary/aromatic N) is 2. The van der Waals surface area contributed by atoms with Crippen LogP contribution in [0.25, 0.3) is 22.2 Å². The molecule has 3 N–H and O–H groups in total. The van der Waals surface area contributed by atoms with E-state index in [1.165, 1.54) is 0 Å². The zero-order chi connectivity index (χ0) is 37.1. The van der Waals surface area contributed by atoms with Crippen molar-refractivity contribution >= 4 is 21.1 Å². The first-order valence-corrected chi connectivity index (χ1v) is 20.0. The first-order valence-electron chi connectivity index (χ1n) is 18.5. The number of rotatable bonds is 11. The Hall–Kier alpha value is -4.88. The molecule has 5 aromatic carbocycles. The highest BCUT2D eigenvalue weighted by atomic mass is 32.2. The molecule has 0 spiro atoms. The molecule has 54 heavy (non-hydrogen) atoms. The molecule has 11 heteroatoms. The van der Waals surface area contributed by atoms with Crippen LogP contribution in [0.3, 0.4) is 0 Å². The number of aliphatic hydroxyl groups is 1. The van der Waals surface area contributed by atoms with Crippen molar-refractivity contribution in [1.82, 2.24) is 19.2 Å². The van der Waals surface area contributed by atoms with E-state index in [2.05, 4.69) is 20.7 Å². The van der Waals surface area contributed by atoms with Crippen LogP contribution in [0.4, 0.5) is 0 Å². The van der Waals surface area contributed by atoms with Gasteiger partial charge in [-0.3, -0.25) is 4.57 Å². The van der Waals surface area contributed by atoms with Gasteiger partial charge in [-0.05, 0) is 77.1 Å². The number of imidazole rings is 1. The quantitative estimate of drug-likeness (QED) is 0.133. The Morgan fingerprint density at radius 1 is 0.759 bits per heavy atom. The Bertz CT molecular complexity index is 2370. The van der Waals surface area contributed by atoms with E-state index in [0.29, 0.717) is 6.42 Å². The lowest BCUT2D eigenvalue weighted by Gasteiger charge is -2.40. The van der Waals surface area contributed by atoms with Crippen molar-refractivity contribution in [2.45, 2.75) is 61.8 Å². The van der Waals surface area contributed by atoms with Crippen molar-refractivity contribution in [3.8, 4) is 11.1 Å². The lowest BCUT2D eigenvalue weighted by Crippen LogP contribution is -2.43. The summed E-state index contributed by atoms with van der Waals surface area (Å²) in [5.74, 6) is 0. The molecule has 0 saturated carbocycles. The number of fused-ring (bicyclic) bond motifs is 1. The Morgan fingerprint density at radius 3 is 2.26 bits per heavy atom. The number of benzene rings is 5. The standard InChI is InChI=1S/C43H44N4O6S/c48-29-30-16-18-32(19-17-30)41-26-37(28-46-22-20-36(21-23-46)47-40-15-5-4-14-39(40)45-43(47)49)52-42(53-41)35-11-7-10-34(25-35)33-9-6-8-31(24-33)27-44-54(50,51)38-12-2-1-3-13-38/h1-19,24-25,36-37,41-42,44,48H,20-23,26-29H2,(H,45,49)/t37-,41+,42+/m0/s1. The molecule has 8 rings (SSSR count). The Balaban J connectivity index is 0.985. The molecule has 1 aromatic heterocycles. The predicted octanol–water partition coefficient (Wildman–Crippen LogP) is 6.85. The Labute approximate surface area is 315 Å². The number of aromatic amines is 1. The van der Waals surface area contributed by atoms with Crippen LogP contribution < -0.4 is 10.4 Å². The number of aromatic nitrogens is 2. The molecule has 0 bridgehead atoms. The molecule has 2 saturated heterocycles. The molecule has 0 radical (unpaired) electrons. The lowest BCUT2D eigenvalue weighted by atomic mass is 9.97. The molecule has 3 heterocycles. The van der Waals surface area contributed by atoms with Gasteiger partial charge in [-0.25, -0.2) is 17.9 Å². The van der Waals surface area contributed by atoms with Crippen LogP contribution in [0, 0.1) is 0 Å². The highest BCUT2D eigenvalue weighted by Gasteiger charge is 2.34. The van der Waals surface area contributed by atoms with Gasteiger partial charge in [-0.15, -0.1) is 0 Å². The average Bonchev–Trinajstić information content (AvgIpc) is 3.56. The van der Waals surface area contributed by atoms with Gasteiger partial charge in [0, 0.05) is 44.2 Å². The maximum atomic E-state index is 12.9. The van der Waals surface area contributed by atoms with E-state index in [4.69, 9.17) is 9.47 Å². The Morgan fingerprint density at radius 2 is 1.48 bits per heavy atom. The van der Waals surface area contributed by atoms with Gasteiger partial charge in [-0.1, -0.05) is 91.0 Å². The first-order chi connectivity index (χ1) is 26.3. The number of nitrogens with one attached hydrogen (secondary N) is 2. The monoisotopic (exact) mass is 744 g/mol. The van der Waals surface area contributed by atoms with Gasteiger partial charge in [0.1, 0.15) is 0 Å². The smallest absolute Gasteiger partial charge is 0.326 e. The molecule has 278 valence electrons. The summed E-state index contributed by atoms with van der Waals surface area (Å²) in [6.07, 6.45) is 1.48. The van der Waals surface area contributed by atoms with Crippen molar-refractivity contribution in [2.75, 3.05) is 19.6 Å². The molecule has 10 nitrogen and oxygen atoms in total. The highest BCUT2D eigenvalue weighted by Crippen LogP contribution is 2.39. The SMILES string of the molecule is O=c1[nH]c2ccccc2n1C1CCN(C[C@@H]2C[C@H](c3ccc(CO)cc3)O[C@H](c3cccc(-c4cccc(CNS(=O)(=O)c5ccccc5)c4)c3)O2)CC1. The van der Waals surface area contributed by atoms with Gasteiger partial charge in [0.15, 0.2) is 6.29 Å². The molecule has 0 amide bonds. The molecular formula is C43H44N4O6S. The fraction of sp³-hybridized carbons (Fsp3) is 0.279. The highest BCUT2D eigenvalue weighted by molar-refractivity contribution is 7.89. The van der Waals surface area contributed by atoms with E-state index >= 15 is 0 Å². The fourth-order valence-electron chi connectivity index (χ4n) is 7.70. The summed E-state index contributed by atoms with van der Waals surface area (Å²) in [6, 6.07) is 40.3. The number of aliphatic hydroxyl groups excluding tert-OH is 1. The van der Waals surface area contributed by atoms with Crippen molar-refractivity contribution < 1.29 is 23.0 Å². The Kier molecular flexibility index (Phi) is 10.6. The van der Waals surface area contributed by atoms with Gasteiger partial charge in [0.2, 0.25) is 10.0 Å². The minimum atomic E-state index is -3.64. The number of sulfonamides is 1.